The average molecular weight is 193 g/mol. The minimum Gasteiger partial charge on any atom is -0.369 e. The zero-order chi connectivity index (χ0) is 9.38. The molecule has 14 heavy (non-hydrogen) atoms. The molecule has 0 radical (unpaired) electrons. The Kier molecular flexibility index (Phi) is 2.20. The van der Waals surface area contributed by atoms with Crippen LogP contribution in [0.2, 0.25) is 0 Å². The van der Waals surface area contributed by atoms with Gasteiger partial charge in [0, 0.05) is 31.6 Å². The van der Waals surface area contributed by atoms with E-state index in [4.69, 9.17) is 0 Å². The summed E-state index contributed by atoms with van der Waals surface area (Å²) >= 11 is 0. The molecule has 1 N–H and O–H groups in total. The summed E-state index contributed by atoms with van der Waals surface area (Å²) in [6, 6.07) is 1.52. The highest BCUT2D eigenvalue weighted by molar-refractivity contribution is 5.83. The number of aliphatic imine (C=N–C) groups is 1. The molecule has 3 aliphatic heterocycles. The molecule has 2 saturated heterocycles. The molecule has 0 aromatic carbocycles. The number of hydrogen-bond acceptors (Lipinski definition) is 3. The number of hydrogen-bond donors (Lipinski definition) is 1. The third-order valence-electron chi connectivity index (χ3n) is 3.83. The smallest absolute Gasteiger partial charge is 0.0966 e. The van der Waals surface area contributed by atoms with Crippen LogP contribution in [0.4, 0.5) is 0 Å². The fraction of sp³-hybridized carbons (Fsp3) is 0.909. The molecule has 3 nitrogen and oxygen atoms in total. The SMILES string of the molecule is C1CN=C(NC2CCN3CCCC23)C1. The van der Waals surface area contributed by atoms with E-state index < -0.39 is 0 Å². The molecule has 3 heteroatoms. The fourth-order valence-corrected chi connectivity index (χ4v) is 3.12. The normalized spacial score (nSPS) is 37.3. The van der Waals surface area contributed by atoms with E-state index in [1.807, 2.05) is 0 Å². The summed E-state index contributed by atoms with van der Waals surface area (Å²) in [5, 5.41) is 3.66. The van der Waals surface area contributed by atoms with Crippen molar-refractivity contribution >= 4 is 5.84 Å². The lowest BCUT2D eigenvalue weighted by Crippen LogP contribution is -2.41. The molecule has 0 amide bonds. The Bertz CT molecular complexity index is 249. The van der Waals surface area contributed by atoms with Gasteiger partial charge in [0.1, 0.15) is 0 Å². The maximum absolute atomic E-state index is 4.50. The van der Waals surface area contributed by atoms with Gasteiger partial charge in [0.05, 0.1) is 5.84 Å². The van der Waals surface area contributed by atoms with E-state index in [2.05, 4.69) is 15.2 Å². The van der Waals surface area contributed by atoms with Crippen molar-refractivity contribution in [3.05, 3.63) is 0 Å². The zero-order valence-corrected chi connectivity index (χ0v) is 8.71. The van der Waals surface area contributed by atoms with Gasteiger partial charge in [0.2, 0.25) is 0 Å². The van der Waals surface area contributed by atoms with Crippen LogP contribution in [0.25, 0.3) is 0 Å². The summed E-state index contributed by atoms with van der Waals surface area (Å²) in [4.78, 5) is 7.15. The highest BCUT2D eigenvalue weighted by Crippen LogP contribution is 2.28. The molecule has 0 aromatic rings. The molecule has 2 fully saturated rings. The van der Waals surface area contributed by atoms with Crippen LogP contribution in [0, 0.1) is 0 Å². The van der Waals surface area contributed by atoms with Gasteiger partial charge in [0.15, 0.2) is 0 Å². The van der Waals surface area contributed by atoms with E-state index in [0.29, 0.717) is 6.04 Å². The second-order valence-electron chi connectivity index (χ2n) is 4.72. The molecule has 2 unspecified atom stereocenters. The van der Waals surface area contributed by atoms with Crippen molar-refractivity contribution in [2.75, 3.05) is 19.6 Å². The molecule has 2 atom stereocenters. The van der Waals surface area contributed by atoms with Gasteiger partial charge in [-0.15, -0.1) is 0 Å². The number of nitrogens with one attached hydrogen (secondary N) is 1. The molecule has 3 heterocycles. The lowest BCUT2D eigenvalue weighted by molar-refractivity contribution is 0.308. The fourth-order valence-electron chi connectivity index (χ4n) is 3.12. The third kappa shape index (κ3) is 1.44. The first kappa shape index (κ1) is 8.72. The molecule has 3 aliphatic rings. The second kappa shape index (κ2) is 3.54. The first-order chi connectivity index (χ1) is 6.93. The van der Waals surface area contributed by atoms with Crippen LogP contribution in [0.5, 0.6) is 0 Å². The summed E-state index contributed by atoms with van der Waals surface area (Å²) in [5.74, 6) is 1.28. The Morgan fingerprint density at radius 3 is 3.07 bits per heavy atom. The Balaban J connectivity index is 1.62. The highest BCUT2D eigenvalue weighted by Gasteiger charge is 2.37. The van der Waals surface area contributed by atoms with E-state index in [-0.39, 0.29) is 0 Å². The Hall–Kier alpha value is -0.570. The first-order valence-electron chi connectivity index (χ1n) is 5.97. The first-order valence-corrected chi connectivity index (χ1v) is 5.97. The van der Waals surface area contributed by atoms with Crippen LogP contribution in [0.3, 0.4) is 0 Å². The van der Waals surface area contributed by atoms with Gasteiger partial charge < -0.3 is 5.32 Å². The van der Waals surface area contributed by atoms with Gasteiger partial charge in [-0.1, -0.05) is 0 Å². The average Bonchev–Trinajstić information content (AvgIpc) is 2.85. The highest BCUT2D eigenvalue weighted by atomic mass is 15.2. The summed E-state index contributed by atoms with van der Waals surface area (Å²) in [5.41, 5.74) is 0. The molecule has 0 spiro atoms. The maximum Gasteiger partial charge on any atom is 0.0966 e. The predicted octanol–water partition coefficient (Wildman–Crippen LogP) is 1.00. The third-order valence-corrected chi connectivity index (χ3v) is 3.83. The molecule has 0 bridgehead atoms. The van der Waals surface area contributed by atoms with E-state index in [0.717, 1.165) is 12.6 Å². The van der Waals surface area contributed by atoms with Crippen molar-refractivity contribution in [1.29, 1.82) is 0 Å². The van der Waals surface area contributed by atoms with Crippen molar-refractivity contribution < 1.29 is 0 Å². The van der Waals surface area contributed by atoms with E-state index in [9.17, 15) is 0 Å². The van der Waals surface area contributed by atoms with Crippen LogP contribution in [-0.4, -0.2) is 42.5 Å². The van der Waals surface area contributed by atoms with Crippen LogP contribution < -0.4 is 5.32 Å². The van der Waals surface area contributed by atoms with Gasteiger partial charge in [-0.05, 0) is 32.2 Å². The quantitative estimate of drug-likeness (QED) is 0.673. The summed E-state index contributed by atoms with van der Waals surface area (Å²) < 4.78 is 0. The molecule has 78 valence electrons. The van der Waals surface area contributed by atoms with Gasteiger partial charge in [0.25, 0.3) is 0 Å². The minimum atomic E-state index is 0.703. The van der Waals surface area contributed by atoms with E-state index >= 15 is 0 Å². The number of nitrogens with zero attached hydrogens (tertiary/aromatic N) is 2. The predicted molar refractivity (Wildman–Crippen MR) is 57.7 cm³/mol. The lowest BCUT2D eigenvalue weighted by atomic mass is 10.1. The van der Waals surface area contributed by atoms with Gasteiger partial charge in [-0.2, -0.15) is 0 Å². The van der Waals surface area contributed by atoms with Crippen molar-refractivity contribution in [3.8, 4) is 0 Å². The molecule has 0 aromatic heterocycles. The summed E-state index contributed by atoms with van der Waals surface area (Å²) in [6.07, 6.45) is 6.55. The van der Waals surface area contributed by atoms with Crippen LogP contribution in [0.15, 0.2) is 4.99 Å². The number of fused-ring (bicyclic) bond motifs is 1. The second-order valence-corrected chi connectivity index (χ2v) is 4.72. The van der Waals surface area contributed by atoms with E-state index in [1.165, 1.54) is 51.0 Å². The molecule has 0 aliphatic carbocycles. The molecule has 0 saturated carbocycles. The van der Waals surface area contributed by atoms with Crippen LogP contribution >= 0.6 is 0 Å². The van der Waals surface area contributed by atoms with Gasteiger partial charge >= 0.3 is 0 Å². The van der Waals surface area contributed by atoms with Crippen LogP contribution in [-0.2, 0) is 0 Å². The summed E-state index contributed by atoms with van der Waals surface area (Å²) in [7, 11) is 0. The van der Waals surface area contributed by atoms with Crippen molar-refractivity contribution in [1.82, 2.24) is 10.2 Å². The number of amidine groups is 1. The Morgan fingerprint density at radius 2 is 2.21 bits per heavy atom. The minimum absolute atomic E-state index is 0.703. The van der Waals surface area contributed by atoms with Crippen molar-refractivity contribution in [3.63, 3.8) is 0 Å². The lowest BCUT2D eigenvalue weighted by Gasteiger charge is -2.21. The zero-order valence-electron chi connectivity index (χ0n) is 8.71. The largest absolute Gasteiger partial charge is 0.369 e. The number of rotatable bonds is 1. The molecular weight excluding hydrogens is 174 g/mol. The topological polar surface area (TPSA) is 27.6 Å². The van der Waals surface area contributed by atoms with E-state index in [1.54, 1.807) is 0 Å². The van der Waals surface area contributed by atoms with Crippen molar-refractivity contribution in [2.24, 2.45) is 4.99 Å². The van der Waals surface area contributed by atoms with Crippen LogP contribution in [0.1, 0.15) is 32.1 Å². The molecular formula is C11H19N3. The van der Waals surface area contributed by atoms with Crippen molar-refractivity contribution in [2.45, 2.75) is 44.2 Å². The Labute approximate surface area is 85.6 Å². The maximum atomic E-state index is 4.50. The Morgan fingerprint density at radius 1 is 1.21 bits per heavy atom. The monoisotopic (exact) mass is 193 g/mol. The molecule has 3 rings (SSSR count). The van der Waals surface area contributed by atoms with Gasteiger partial charge in [-0.3, -0.25) is 9.89 Å². The standard InChI is InChI=1S/C11H19N3/c1-4-11(12-6-1)13-9-5-8-14-7-2-3-10(9)14/h9-10H,1-8H2,(H,12,13). The summed E-state index contributed by atoms with van der Waals surface area (Å²) in [6.45, 7) is 3.67. The van der Waals surface area contributed by atoms with Gasteiger partial charge in [-0.25, -0.2) is 0 Å².